The first-order chi connectivity index (χ1) is 15.7. The third kappa shape index (κ3) is 7.54. The lowest BCUT2D eigenvalue weighted by atomic mass is 10.1. The lowest BCUT2D eigenvalue weighted by Crippen LogP contribution is -2.38. The van der Waals surface area contributed by atoms with E-state index in [9.17, 15) is 0 Å². The number of rotatable bonds is 11. The third-order valence-corrected chi connectivity index (χ3v) is 5.18. The van der Waals surface area contributed by atoms with E-state index in [-0.39, 0.29) is 0 Å². The van der Waals surface area contributed by atoms with Gasteiger partial charge in [-0.25, -0.2) is 4.99 Å². The van der Waals surface area contributed by atoms with E-state index in [1.54, 1.807) is 0 Å². The SMILES string of the molecule is CCNC(=NCc1ccccc1COCc1ccccc1)NCCCn1nc(C)cc1C. The Morgan fingerprint density at radius 3 is 2.44 bits per heavy atom. The minimum absolute atomic E-state index is 0.577. The molecule has 0 atom stereocenters. The molecule has 0 spiro atoms. The molecule has 3 rings (SSSR count). The third-order valence-electron chi connectivity index (χ3n) is 5.18. The Bertz CT molecular complexity index is 981. The molecule has 0 aliphatic carbocycles. The maximum absolute atomic E-state index is 5.95. The van der Waals surface area contributed by atoms with E-state index in [0.29, 0.717) is 19.8 Å². The second-order valence-corrected chi connectivity index (χ2v) is 7.87. The van der Waals surface area contributed by atoms with E-state index in [0.717, 1.165) is 37.7 Å². The van der Waals surface area contributed by atoms with Gasteiger partial charge in [0.05, 0.1) is 25.5 Å². The summed E-state index contributed by atoms with van der Waals surface area (Å²) < 4.78 is 8.01. The largest absolute Gasteiger partial charge is 0.372 e. The summed E-state index contributed by atoms with van der Waals surface area (Å²) in [6, 6.07) is 20.7. The van der Waals surface area contributed by atoms with Crippen LogP contribution in [-0.4, -0.2) is 28.8 Å². The fraction of sp³-hybridized carbons (Fsp3) is 0.385. The minimum atomic E-state index is 0.577. The van der Waals surface area contributed by atoms with E-state index in [4.69, 9.17) is 9.73 Å². The Balaban J connectivity index is 1.50. The molecule has 1 heterocycles. The molecule has 0 aliphatic heterocycles. The van der Waals surface area contributed by atoms with Crippen molar-refractivity contribution in [2.24, 2.45) is 4.99 Å². The average Bonchev–Trinajstić information content (AvgIpc) is 3.13. The van der Waals surface area contributed by atoms with Gasteiger partial charge in [-0.2, -0.15) is 5.10 Å². The smallest absolute Gasteiger partial charge is 0.191 e. The molecule has 0 bridgehead atoms. The van der Waals surface area contributed by atoms with Gasteiger partial charge in [-0.15, -0.1) is 0 Å². The maximum Gasteiger partial charge on any atom is 0.191 e. The van der Waals surface area contributed by atoms with Crippen molar-refractivity contribution in [2.45, 2.75) is 53.5 Å². The summed E-state index contributed by atoms with van der Waals surface area (Å²) >= 11 is 0. The van der Waals surface area contributed by atoms with Crippen LogP contribution in [0.1, 0.15) is 41.4 Å². The normalized spacial score (nSPS) is 11.5. The molecule has 0 aliphatic rings. The van der Waals surface area contributed by atoms with Crippen LogP contribution in [0.3, 0.4) is 0 Å². The second kappa shape index (κ2) is 12.7. The molecule has 2 aromatic carbocycles. The molecular weight excluding hydrogens is 398 g/mol. The van der Waals surface area contributed by atoms with Gasteiger partial charge < -0.3 is 15.4 Å². The summed E-state index contributed by atoms with van der Waals surface area (Å²) in [5, 5.41) is 11.3. The van der Waals surface area contributed by atoms with Crippen molar-refractivity contribution >= 4 is 5.96 Å². The first-order valence-corrected chi connectivity index (χ1v) is 11.4. The van der Waals surface area contributed by atoms with Gasteiger partial charge in [-0.3, -0.25) is 4.68 Å². The molecule has 1 aromatic heterocycles. The molecule has 0 radical (unpaired) electrons. The van der Waals surface area contributed by atoms with Crippen molar-refractivity contribution in [2.75, 3.05) is 13.1 Å². The second-order valence-electron chi connectivity index (χ2n) is 7.87. The molecule has 3 aromatic rings. The predicted molar refractivity (Wildman–Crippen MR) is 131 cm³/mol. The van der Waals surface area contributed by atoms with Crippen molar-refractivity contribution in [3.63, 3.8) is 0 Å². The highest BCUT2D eigenvalue weighted by molar-refractivity contribution is 5.79. The summed E-state index contributed by atoms with van der Waals surface area (Å²) in [6.07, 6.45) is 0.982. The monoisotopic (exact) mass is 433 g/mol. The van der Waals surface area contributed by atoms with E-state index in [2.05, 4.69) is 76.7 Å². The average molecular weight is 434 g/mol. The number of hydrogen-bond acceptors (Lipinski definition) is 3. The highest BCUT2D eigenvalue weighted by Gasteiger charge is 2.04. The van der Waals surface area contributed by atoms with Crippen LogP contribution in [0.5, 0.6) is 0 Å². The molecule has 6 heteroatoms. The number of nitrogens with zero attached hydrogens (tertiary/aromatic N) is 3. The summed E-state index contributed by atoms with van der Waals surface area (Å²) in [5.74, 6) is 0.834. The topological polar surface area (TPSA) is 63.5 Å². The Morgan fingerprint density at radius 2 is 1.72 bits per heavy atom. The first-order valence-electron chi connectivity index (χ1n) is 11.4. The number of hydrogen-bond donors (Lipinski definition) is 2. The van der Waals surface area contributed by atoms with Crippen molar-refractivity contribution in [3.05, 3.63) is 88.7 Å². The van der Waals surface area contributed by atoms with Gasteiger partial charge in [-0.05, 0) is 49.9 Å². The van der Waals surface area contributed by atoms with E-state index < -0.39 is 0 Å². The van der Waals surface area contributed by atoms with Gasteiger partial charge in [0.15, 0.2) is 5.96 Å². The van der Waals surface area contributed by atoms with Gasteiger partial charge >= 0.3 is 0 Å². The molecule has 0 amide bonds. The van der Waals surface area contributed by atoms with Crippen molar-refractivity contribution in [3.8, 4) is 0 Å². The van der Waals surface area contributed by atoms with Gasteiger partial charge in [0.25, 0.3) is 0 Å². The van der Waals surface area contributed by atoms with Crippen LogP contribution in [0, 0.1) is 13.8 Å². The molecule has 0 saturated heterocycles. The summed E-state index contributed by atoms with van der Waals surface area (Å²) in [7, 11) is 0. The van der Waals surface area contributed by atoms with Crippen LogP contribution in [0.4, 0.5) is 0 Å². The molecular formula is C26H35N5O. The Hall–Kier alpha value is -3.12. The van der Waals surface area contributed by atoms with E-state index >= 15 is 0 Å². The number of ether oxygens (including phenoxy) is 1. The standard InChI is InChI=1S/C26H35N5O/c1-4-27-26(28-15-10-16-31-22(3)17-21(2)30-31)29-18-24-13-8-9-14-25(24)20-32-19-23-11-6-5-7-12-23/h5-9,11-14,17H,4,10,15-16,18-20H2,1-3H3,(H2,27,28,29). The molecule has 170 valence electrons. The number of aromatic nitrogens is 2. The number of aliphatic imine (C=N–C) groups is 1. The van der Waals surface area contributed by atoms with Crippen LogP contribution in [0.25, 0.3) is 0 Å². The zero-order valence-corrected chi connectivity index (χ0v) is 19.5. The Kier molecular flexibility index (Phi) is 9.32. The lowest BCUT2D eigenvalue weighted by Gasteiger charge is -2.13. The molecule has 0 unspecified atom stereocenters. The Labute approximate surface area is 191 Å². The van der Waals surface area contributed by atoms with Gasteiger partial charge in [0, 0.05) is 25.3 Å². The van der Waals surface area contributed by atoms with Crippen molar-refractivity contribution in [1.29, 1.82) is 0 Å². The molecule has 0 saturated carbocycles. The quantitative estimate of drug-likeness (QED) is 0.268. The predicted octanol–water partition coefficient (Wildman–Crippen LogP) is 4.36. The number of benzene rings is 2. The number of nitrogens with one attached hydrogen (secondary N) is 2. The van der Waals surface area contributed by atoms with Crippen molar-refractivity contribution < 1.29 is 4.74 Å². The summed E-state index contributed by atoms with van der Waals surface area (Å²) in [4.78, 5) is 4.79. The fourth-order valence-electron chi connectivity index (χ4n) is 3.55. The zero-order valence-electron chi connectivity index (χ0n) is 19.5. The van der Waals surface area contributed by atoms with Crippen molar-refractivity contribution in [1.82, 2.24) is 20.4 Å². The fourth-order valence-corrected chi connectivity index (χ4v) is 3.55. The van der Waals surface area contributed by atoms with Crippen LogP contribution in [0.15, 0.2) is 65.7 Å². The van der Waals surface area contributed by atoms with Crippen LogP contribution >= 0.6 is 0 Å². The van der Waals surface area contributed by atoms with Crippen LogP contribution < -0.4 is 10.6 Å². The van der Waals surface area contributed by atoms with E-state index in [1.807, 2.05) is 25.1 Å². The zero-order chi connectivity index (χ0) is 22.6. The molecule has 0 fully saturated rings. The maximum atomic E-state index is 5.95. The van der Waals surface area contributed by atoms with Gasteiger partial charge in [-0.1, -0.05) is 54.6 Å². The Morgan fingerprint density at radius 1 is 0.969 bits per heavy atom. The number of aryl methyl sites for hydroxylation is 3. The van der Waals surface area contributed by atoms with Gasteiger partial charge in [0.1, 0.15) is 0 Å². The first kappa shape index (κ1) is 23.5. The van der Waals surface area contributed by atoms with Crippen LogP contribution in [-0.2, 0) is 31.0 Å². The minimum Gasteiger partial charge on any atom is -0.372 e. The molecule has 2 N–H and O–H groups in total. The lowest BCUT2D eigenvalue weighted by molar-refractivity contribution is 0.106. The summed E-state index contributed by atoms with van der Waals surface area (Å²) in [6.45, 7) is 10.6. The summed E-state index contributed by atoms with van der Waals surface area (Å²) in [5.41, 5.74) is 5.81. The molecule has 6 nitrogen and oxygen atoms in total. The highest BCUT2D eigenvalue weighted by Crippen LogP contribution is 2.13. The molecule has 32 heavy (non-hydrogen) atoms. The number of guanidine groups is 1. The van der Waals surface area contributed by atoms with E-state index in [1.165, 1.54) is 22.4 Å². The highest BCUT2D eigenvalue weighted by atomic mass is 16.5. The van der Waals surface area contributed by atoms with Crippen LogP contribution in [0.2, 0.25) is 0 Å². The van der Waals surface area contributed by atoms with Gasteiger partial charge in [0.2, 0.25) is 0 Å².